The maximum absolute atomic E-state index is 9.93. The summed E-state index contributed by atoms with van der Waals surface area (Å²) in [5.41, 5.74) is 0.661. The fourth-order valence-electron chi connectivity index (χ4n) is 0.835. The van der Waals surface area contributed by atoms with Crippen LogP contribution in [0.4, 0.5) is 0 Å². The Kier molecular flexibility index (Phi) is 7.76. The van der Waals surface area contributed by atoms with Crippen molar-refractivity contribution in [3.63, 3.8) is 0 Å². The lowest BCUT2D eigenvalue weighted by atomic mass is 10.2. The van der Waals surface area contributed by atoms with E-state index in [0.29, 0.717) is 5.70 Å². The van der Waals surface area contributed by atoms with Crippen molar-refractivity contribution in [2.45, 2.75) is 26.2 Å². The molecule has 0 heterocycles. The molecule has 13 heavy (non-hydrogen) atoms. The lowest BCUT2D eigenvalue weighted by Crippen LogP contribution is -1.72. The molecule has 2 nitrogen and oxygen atoms in total. The highest BCUT2D eigenvalue weighted by molar-refractivity contribution is 5.39. The van der Waals surface area contributed by atoms with Gasteiger partial charge in [0.15, 0.2) is 0 Å². The van der Waals surface area contributed by atoms with Crippen LogP contribution in [0.3, 0.4) is 0 Å². The number of hydrogen-bond acceptors (Lipinski definition) is 2. The Morgan fingerprint density at radius 1 is 1.54 bits per heavy atom. The highest BCUT2D eigenvalue weighted by atomic mass is 16.1. The molecular formula is C11H15NO. The minimum absolute atomic E-state index is 0.661. The van der Waals surface area contributed by atoms with Crippen molar-refractivity contribution in [1.82, 2.24) is 0 Å². The lowest BCUT2D eigenvalue weighted by molar-refractivity contribution is 0.565. The first-order valence-electron chi connectivity index (χ1n) is 4.36. The maximum Gasteiger partial charge on any atom is 0.240 e. The van der Waals surface area contributed by atoms with Crippen molar-refractivity contribution in [3.05, 3.63) is 36.6 Å². The SMILES string of the molecule is C=CCCCC=CC(=CC)N=C=O. The molecule has 0 fully saturated rings. The first-order valence-corrected chi connectivity index (χ1v) is 4.36. The molecule has 0 saturated heterocycles. The quantitative estimate of drug-likeness (QED) is 0.201. The Hall–Kier alpha value is -1.40. The van der Waals surface area contributed by atoms with Crippen molar-refractivity contribution in [2.24, 2.45) is 4.99 Å². The molecule has 0 aromatic carbocycles. The van der Waals surface area contributed by atoms with Gasteiger partial charge in [-0.2, -0.15) is 4.99 Å². The summed E-state index contributed by atoms with van der Waals surface area (Å²) in [6, 6.07) is 0. The third-order valence-corrected chi connectivity index (χ3v) is 1.54. The highest BCUT2D eigenvalue weighted by Crippen LogP contribution is 2.01. The van der Waals surface area contributed by atoms with Crippen molar-refractivity contribution in [2.75, 3.05) is 0 Å². The molecule has 2 heteroatoms. The van der Waals surface area contributed by atoms with Crippen LogP contribution in [0.5, 0.6) is 0 Å². The van der Waals surface area contributed by atoms with E-state index in [9.17, 15) is 4.79 Å². The van der Waals surface area contributed by atoms with Crippen molar-refractivity contribution in [1.29, 1.82) is 0 Å². The van der Waals surface area contributed by atoms with Crippen LogP contribution < -0.4 is 0 Å². The van der Waals surface area contributed by atoms with E-state index >= 15 is 0 Å². The summed E-state index contributed by atoms with van der Waals surface area (Å²) < 4.78 is 0. The number of allylic oxidation sites excluding steroid dienone is 4. The van der Waals surface area contributed by atoms with E-state index < -0.39 is 0 Å². The summed E-state index contributed by atoms with van der Waals surface area (Å²) in [7, 11) is 0. The van der Waals surface area contributed by atoms with Gasteiger partial charge in [-0.25, -0.2) is 4.79 Å². The van der Waals surface area contributed by atoms with E-state index in [1.165, 1.54) is 6.08 Å². The largest absolute Gasteiger partial charge is 0.240 e. The second-order valence-electron chi connectivity index (χ2n) is 2.54. The molecule has 0 aliphatic carbocycles. The van der Waals surface area contributed by atoms with Crippen LogP contribution in [0.15, 0.2) is 41.6 Å². The standard InChI is InChI=1S/C11H15NO/c1-3-5-6-7-8-9-11(4-2)12-10-13/h3-4,8-9H,1,5-7H2,2H3. The van der Waals surface area contributed by atoms with Crippen LogP contribution in [0.2, 0.25) is 0 Å². The Morgan fingerprint density at radius 3 is 2.85 bits per heavy atom. The van der Waals surface area contributed by atoms with Gasteiger partial charge < -0.3 is 0 Å². The van der Waals surface area contributed by atoms with Crippen LogP contribution >= 0.6 is 0 Å². The average Bonchev–Trinajstić information content (AvgIpc) is 2.16. The lowest BCUT2D eigenvalue weighted by Gasteiger charge is -1.89. The Morgan fingerprint density at radius 2 is 2.31 bits per heavy atom. The predicted molar refractivity (Wildman–Crippen MR) is 55.1 cm³/mol. The van der Waals surface area contributed by atoms with Gasteiger partial charge in [0.25, 0.3) is 0 Å². The van der Waals surface area contributed by atoms with Gasteiger partial charge in [0.2, 0.25) is 6.08 Å². The summed E-state index contributed by atoms with van der Waals surface area (Å²) in [5, 5.41) is 0. The maximum atomic E-state index is 9.93. The van der Waals surface area contributed by atoms with Gasteiger partial charge in [-0.05, 0) is 32.3 Å². The second-order valence-corrected chi connectivity index (χ2v) is 2.54. The minimum Gasteiger partial charge on any atom is -0.211 e. The molecule has 0 aromatic rings. The molecular weight excluding hydrogens is 162 g/mol. The number of nitrogens with zero attached hydrogens (tertiary/aromatic N) is 1. The molecule has 0 aliphatic rings. The average molecular weight is 177 g/mol. The minimum atomic E-state index is 0.661. The number of carbonyl (C=O) groups excluding carboxylic acids is 1. The van der Waals surface area contributed by atoms with E-state index in [-0.39, 0.29) is 0 Å². The molecule has 0 aromatic heterocycles. The molecule has 0 spiro atoms. The third-order valence-electron chi connectivity index (χ3n) is 1.54. The predicted octanol–water partition coefficient (Wildman–Crippen LogP) is 3.14. The van der Waals surface area contributed by atoms with Crippen LogP contribution in [0.1, 0.15) is 26.2 Å². The summed E-state index contributed by atoms with van der Waals surface area (Å²) in [4.78, 5) is 13.4. The number of aliphatic imine (C=N–C) groups is 1. The van der Waals surface area contributed by atoms with Gasteiger partial charge in [0.05, 0.1) is 5.70 Å². The monoisotopic (exact) mass is 177 g/mol. The zero-order chi connectivity index (χ0) is 9.94. The summed E-state index contributed by atoms with van der Waals surface area (Å²) in [6.07, 6.45) is 12.1. The van der Waals surface area contributed by atoms with Crippen LogP contribution in [-0.4, -0.2) is 6.08 Å². The molecule has 0 rings (SSSR count). The molecule has 0 radical (unpaired) electrons. The van der Waals surface area contributed by atoms with E-state index in [0.717, 1.165) is 19.3 Å². The number of isocyanates is 1. The van der Waals surface area contributed by atoms with Crippen molar-refractivity contribution in [3.8, 4) is 0 Å². The number of rotatable bonds is 6. The number of hydrogen-bond donors (Lipinski definition) is 0. The first kappa shape index (κ1) is 11.6. The van der Waals surface area contributed by atoms with E-state index in [1.807, 2.05) is 25.2 Å². The molecule has 0 aliphatic heterocycles. The zero-order valence-electron chi connectivity index (χ0n) is 7.99. The molecule has 0 N–H and O–H groups in total. The molecule has 0 amide bonds. The summed E-state index contributed by atoms with van der Waals surface area (Å²) in [5.74, 6) is 0. The molecule has 70 valence electrons. The molecule has 0 bridgehead atoms. The Labute approximate surface area is 79.4 Å². The smallest absolute Gasteiger partial charge is 0.211 e. The normalized spacial score (nSPS) is 11.3. The van der Waals surface area contributed by atoms with Crippen molar-refractivity contribution >= 4 is 6.08 Å². The van der Waals surface area contributed by atoms with Gasteiger partial charge in [0.1, 0.15) is 0 Å². The topological polar surface area (TPSA) is 29.4 Å². The first-order chi connectivity index (χ1) is 6.35. The van der Waals surface area contributed by atoms with Gasteiger partial charge in [-0.1, -0.05) is 18.2 Å². The van der Waals surface area contributed by atoms with Gasteiger partial charge >= 0.3 is 0 Å². The third kappa shape index (κ3) is 6.98. The molecule has 0 atom stereocenters. The molecule has 0 saturated carbocycles. The fourth-order valence-corrected chi connectivity index (χ4v) is 0.835. The van der Waals surface area contributed by atoms with Gasteiger partial charge in [0, 0.05) is 0 Å². The van der Waals surface area contributed by atoms with Crippen LogP contribution in [0.25, 0.3) is 0 Å². The summed E-state index contributed by atoms with van der Waals surface area (Å²) >= 11 is 0. The Balaban J connectivity index is 3.81. The van der Waals surface area contributed by atoms with Crippen LogP contribution in [-0.2, 0) is 4.79 Å². The van der Waals surface area contributed by atoms with Crippen molar-refractivity contribution < 1.29 is 4.79 Å². The highest BCUT2D eigenvalue weighted by Gasteiger charge is 1.84. The fraction of sp³-hybridized carbons (Fsp3) is 0.364. The number of unbranched alkanes of at least 4 members (excludes halogenated alkanes) is 2. The second kappa shape index (κ2) is 8.69. The van der Waals surface area contributed by atoms with E-state index in [2.05, 4.69) is 11.6 Å². The molecule has 0 unspecified atom stereocenters. The van der Waals surface area contributed by atoms with Gasteiger partial charge in [-0.3, -0.25) is 0 Å². The zero-order valence-corrected chi connectivity index (χ0v) is 7.99. The van der Waals surface area contributed by atoms with Crippen LogP contribution in [0, 0.1) is 0 Å². The summed E-state index contributed by atoms with van der Waals surface area (Å²) in [6.45, 7) is 5.47. The van der Waals surface area contributed by atoms with E-state index in [4.69, 9.17) is 0 Å². The van der Waals surface area contributed by atoms with Gasteiger partial charge in [-0.15, -0.1) is 6.58 Å². The Bertz CT molecular complexity index is 245. The van der Waals surface area contributed by atoms with E-state index in [1.54, 1.807) is 6.08 Å².